The fourth-order valence-corrected chi connectivity index (χ4v) is 1.16. The standard InChI is InChI=1S/C9H17F3O/c1-5-7(2,3)6-8(4,13)9(10,11)12/h13H,5-6H2,1-4H3. The highest BCUT2D eigenvalue weighted by Crippen LogP contribution is 2.40. The number of hydrogen-bond acceptors (Lipinski definition) is 1. The molecule has 0 aromatic heterocycles. The fourth-order valence-electron chi connectivity index (χ4n) is 1.16. The number of rotatable bonds is 3. The fraction of sp³-hybridized carbons (Fsp3) is 1.00. The minimum Gasteiger partial charge on any atom is -0.381 e. The molecule has 0 amide bonds. The van der Waals surface area contributed by atoms with Crippen LogP contribution in [0, 0.1) is 5.41 Å². The molecule has 0 rings (SSSR count). The van der Waals surface area contributed by atoms with Gasteiger partial charge in [0, 0.05) is 0 Å². The van der Waals surface area contributed by atoms with E-state index in [4.69, 9.17) is 0 Å². The Morgan fingerprint density at radius 1 is 1.08 bits per heavy atom. The first-order chi connectivity index (χ1) is 5.52. The van der Waals surface area contributed by atoms with Gasteiger partial charge in [-0.1, -0.05) is 27.2 Å². The second kappa shape index (κ2) is 3.48. The minimum atomic E-state index is -4.54. The van der Waals surface area contributed by atoms with Gasteiger partial charge in [0.25, 0.3) is 0 Å². The van der Waals surface area contributed by atoms with E-state index in [1.807, 2.05) is 6.92 Å². The van der Waals surface area contributed by atoms with Crippen LogP contribution in [0.4, 0.5) is 13.2 Å². The molecule has 0 aliphatic rings. The van der Waals surface area contributed by atoms with Crippen LogP contribution in [-0.4, -0.2) is 16.9 Å². The van der Waals surface area contributed by atoms with Gasteiger partial charge >= 0.3 is 6.18 Å². The predicted molar refractivity (Wildman–Crippen MR) is 45.4 cm³/mol. The molecular weight excluding hydrogens is 181 g/mol. The number of halogens is 3. The maximum Gasteiger partial charge on any atom is 0.416 e. The molecule has 0 saturated heterocycles. The van der Waals surface area contributed by atoms with Crippen molar-refractivity contribution in [2.75, 3.05) is 0 Å². The van der Waals surface area contributed by atoms with E-state index in [0.717, 1.165) is 6.92 Å². The molecule has 0 spiro atoms. The first-order valence-corrected chi connectivity index (χ1v) is 4.31. The molecule has 0 fully saturated rings. The third-order valence-electron chi connectivity index (χ3n) is 2.39. The Balaban J connectivity index is 4.52. The van der Waals surface area contributed by atoms with Crippen LogP contribution in [0.25, 0.3) is 0 Å². The van der Waals surface area contributed by atoms with Gasteiger partial charge in [-0.15, -0.1) is 0 Å². The molecule has 0 aliphatic heterocycles. The highest BCUT2D eigenvalue weighted by molar-refractivity contribution is 4.87. The summed E-state index contributed by atoms with van der Waals surface area (Å²) in [5.74, 6) is 0. The summed E-state index contributed by atoms with van der Waals surface area (Å²) in [7, 11) is 0. The zero-order chi connectivity index (χ0) is 10.9. The molecule has 0 heterocycles. The summed E-state index contributed by atoms with van der Waals surface area (Å²) < 4.78 is 36.8. The van der Waals surface area contributed by atoms with E-state index in [1.54, 1.807) is 13.8 Å². The average molecular weight is 198 g/mol. The molecule has 1 nitrogen and oxygen atoms in total. The van der Waals surface area contributed by atoms with Crippen LogP contribution in [0.3, 0.4) is 0 Å². The number of hydrogen-bond donors (Lipinski definition) is 1. The second-order valence-corrected chi connectivity index (χ2v) is 4.47. The molecule has 0 radical (unpaired) electrons. The zero-order valence-electron chi connectivity index (χ0n) is 8.50. The predicted octanol–water partition coefficient (Wildman–Crippen LogP) is 3.13. The van der Waals surface area contributed by atoms with Gasteiger partial charge in [0.05, 0.1) is 0 Å². The highest BCUT2D eigenvalue weighted by Gasteiger charge is 2.51. The molecule has 0 aliphatic carbocycles. The number of alkyl halides is 3. The van der Waals surface area contributed by atoms with Gasteiger partial charge in [-0.25, -0.2) is 0 Å². The lowest BCUT2D eigenvalue weighted by atomic mass is 9.79. The van der Waals surface area contributed by atoms with Crippen molar-refractivity contribution in [3.05, 3.63) is 0 Å². The Labute approximate surface area is 76.9 Å². The van der Waals surface area contributed by atoms with E-state index < -0.39 is 17.2 Å². The molecule has 1 atom stereocenters. The Bertz CT molecular complexity index is 170. The average Bonchev–Trinajstić information content (AvgIpc) is 1.83. The van der Waals surface area contributed by atoms with Crippen molar-refractivity contribution >= 4 is 0 Å². The lowest BCUT2D eigenvalue weighted by molar-refractivity contribution is -0.262. The van der Waals surface area contributed by atoms with Gasteiger partial charge in [-0.05, 0) is 18.8 Å². The Kier molecular flexibility index (Phi) is 3.41. The summed E-state index contributed by atoms with van der Waals surface area (Å²) in [6, 6.07) is 0. The summed E-state index contributed by atoms with van der Waals surface area (Å²) in [5.41, 5.74) is -3.06. The monoisotopic (exact) mass is 198 g/mol. The van der Waals surface area contributed by atoms with Crippen molar-refractivity contribution in [2.45, 2.75) is 52.3 Å². The van der Waals surface area contributed by atoms with Crippen molar-refractivity contribution in [3.63, 3.8) is 0 Å². The largest absolute Gasteiger partial charge is 0.416 e. The molecule has 1 unspecified atom stereocenters. The second-order valence-electron chi connectivity index (χ2n) is 4.47. The topological polar surface area (TPSA) is 20.2 Å². The molecule has 0 aromatic carbocycles. The molecule has 0 saturated carbocycles. The summed E-state index contributed by atoms with van der Waals surface area (Å²) in [6.45, 7) is 6.07. The van der Waals surface area contributed by atoms with Crippen LogP contribution in [0.15, 0.2) is 0 Å². The van der Waals surface area contributed by atoms with E-state index in [-0.39, 0.29) is 6.42 Å². The van der Waals surface area contributed by atoms with E-state index >= 15 is 0 Å². The van der Waals surface area contributed by atoms with Gasteiger partial charge in [0.1, 0.15) is 0 Å². The van der Waals surface area contributed by atoms with Crippen molar-refractivity contribution in [2.24, 2.45) is 5.41 Å². The first kappa shape index (κ1) is 12.8. The van der Waals surface area contributed by atoms with E-state index in [1.165, 1.54) is 0 Å². The van der Waals surface area contributed by atoms with Crippen LogP contribution in [-0.2, 0) is 0 Å². The smallest absolute Gasteiger partial charge is 0.381 e. The summed E-state index contributed by atoms with van der Waals surface area (Å²) in [4.78, 5) is 0. The molecule has 1 N–H and O–H groups in total. The van der Waals surface area contributed by atoms with Crippen LogP contribution >= 0.6 is 0 Å². The molecule has 0 bridgehead atoms. The van der Waals surface area contributed by atoms with Crippen molar-refractivity contribution in [1.82, 2.24) is 0 Å². The van der Waals surface area contributed by atoms with Gasteiger partial charge in [0.2, 0.25) is 0 Å². The van der Waals surface area contributed by atoms with Crippen LogP contribution < -0.4 is 0 Å². The molecule has 80 valence electrons. The van der Waals surface area contributed by atoms with Crippen molar-refractivity contribution in [1.29, 1.82) is 0 Å². The lowest BCUT2D eigenvalue weighted by Gasteiger charge is -2.34. The van der Waals surface area contributed by atoms with Gasteiger partial charge in [-0.3, -0.25) is 0 Å². The third kappa shape index (κ3) is 3.55. The highest BCUT2D eigenvalue weighted by atomic mass is 19.4. The quantitative estimate of drug-likeness (QED) is 0.738. The molecule has 0 aromatic rings. The van der Waals surface area contributed by atoms with Gasteiger partial charge < -0.3 is 5.11 Å². The molecule has 4 heteroatoms. The summed E-state index contributed by atoms with van der Waals surface area (Å²) in [6.07, 6.45) is -4.20. The van der Waals surface area contributed by atoms with Crippen molar-refractivity contribution in [3.8, 4) is 0 Å². The first-order valence-electron chi connectivity index (χ1n) is 4.31. The minimum absolute atomic E-state index is 0.264. The number of aliphatic hydroxyl groups is 1. The van der Waals surface area contributed by atoms with Crippen molar-refractivity contribution < 1.29 is 18.3 Å². The Hall–Kier alpha value is -0.250. The Morgan fingerprint density at radius 3 is 1.69 bits per heavy atom. The summed E-state index contributed by atoms with van der Waals surface area (Å²) >= 11 is 0. The summed E-state index contributed by atoms with van der Waals surface area (Å²) in [5, 5.41) is 9.19. The van der Waals surface area contributed by atoms with Crippen LogP contribution in [0.2, 0.25) is 0 Å². The van der Waals surface area contributed by atoms with Crippen LogP contribution in [0.5, 0.6) is 0 Å². The lowest BCUT2D eigenvalue weighted by Crippen LogP contribution is -2.45. The van der Waals surface area contributed by atoms with E-state index in [9.17, 15) is 18.3 Å². The van der Waals surface area contributed by atoms with Gasteiger partial charge in [0.15, 0.2) is 5.60 Å². The SMILES string of the molecule is CCC(C)(C)CC(C)(O)C(F)(F)F. The van der Waals surface area contributed by atoms with E-state index in [0.29, 0.717) is 6.42 Å². The maximum absolute atomic E-state index is 12.3. The molecule has 13 heavy (non-hydrogen) atoms. The Morgan fingerprint density at radius 2 is 1.46 bits per heavy atom. The third-order valence-corrected chi connectivity index (χ3v) is 2.39. The zero-order valence-corrected chi connectivity index (χ0v) is 8.50. The molecular formula is C9H17F3O. The van der Waals surface area contributed by atoms with E-state index in [2.05, 4.69) is 0 Å². The van der Waals surface area contributed by atoms with Crippen LogP contribution in [0.1, 0.15) is 40.5 Å². The normalized spacial score (nSPS) is 18.5. The maximum atomic E-state index is 12.3. The van der Waals surface area contributed by atoms with Gasteiger partial charge in [-0.2, -0.15) is 13.2 Å².